The van der Waals surface area contributed by atoms with E-state index in [1.165, 1.54) is 11.1 Å². The molecule has 1 aliphatic rings. The van der Waals surface area contributed by atoms with E-state index in [1.807, 2.05) is 12.1 Å². The third-order valence-corrected chi connectivity index (χ3v) is 5.91. The van der Waals surface area contributed by atoms with E-state index in [4.69, 9.17) is 16.3 Å². The summed E-state index contributed by atoms with van der Waals surface area (Å²) in [5.74, 6) is 0.422. The van der Waals surface area contributed by atoms with Crippen LogP contribution in [0.2, 0.25) is 5.02 Å². The molecule has 1 fully saturated rings. The third-order valence-electron chi connectivity index (χ3n) is 5.66. The number of morpholine rings is 1. The molecule has 0 aromatic heterocycles. The molecule has 1 aliphatic heterocycles. The molecule has 1 saturated heterocycles. The number of aromatic hydroxyl groups is 1. The molecule has 158 valence electrons. The molecule has 1 heterocycles. The molecule has 1 N–H and O–H groups in total. The summed E-state index contributed by atoms with van der Waals surface area (Å²) in [5, 5.41) is 11.9. The quantitative estimate of drug-likeness (QED) is 0.661. The zero-order valence-corrected chi connectivity index (χ0v) is 19.3. The minimum Gasteiger partial charge on any atom is -0.507 e. The van der Waals surface area contributed by atoms with Gasteiger partial charge in [-0.15, -0.1) is 0 Å². The molecule has 29 heavy (non-hydrogen) atoms. The van der Waals surface area contributed by atoms with Gasteiger partial charge in [-0.25, -0.2) is 0 Å². The van der Waals surface area contributed by atoms with Crippen LogP contribution in [0.1, 0.15) is 69.8 Å². The molecular formula is C25H34ClNO2. The van der Waals surface area contributed by atoms with Gasteiger partial charge in [-0.1, -0.05) is 65.3 Å². The topological polar surface area (TPSA) is 32.7 Å². The third kappa shape index (κ3) is 4.96. The summed E-state index contributed by atoms with van der Waals surface area (Å²) in [6.45, 7) is 16.2. The average molecular weight is 416 g/mol. The smallest absolute Gasteiger partial charge is 0.123 e. The van der Waals surface area contributed by atoms with Gasteiger partial charge in [0.25, 0.3) is 0 Å². The van der Waals surface area contributed by atoms with Crippen molar-refractivity contribution in [3.05, 3.63) is 63.7 Å². The number of benzene rings is 2. The number of halogens is 1. The minimum absolute atomic E-state index is 0.0963. The highest BCUT2D eigenvalue weighted by molar-refractivity contribution is 6.30. The summed E-state index contributed by atoms with van der Waals surface area (Å²) < 4.78 is 5.61. The zero-order chi connectivity index (χ0) is 21.4. The van der Waals surface area contributed by atoms with Crippen LogP contribution in [0.4, 0.5) is 0 Å². The number of nitrogens with zero attached hydrogens (tertiary/aromatic N) is 1. The van der Waals surface area contributed by atoms with Gasteiger partial charge in [-0.05, 0) is 57.3 Å². The highest BCUT2D eigenvalue weighted by Crippen LogP contribution is 2.43. The molecule has 0 amide bonds. The summed E-state index contributed by atoms with van der Waals surface area (Å²) in [5.41, 5.74) is 4.09. The molecule has 3 nitrogen and oxygen atoms in total. The lowest BCUT2D eigenvalue weighted by atomic mass is 9.77. The Bertz CT molecular complexity index is 806. The first-order valence-corrected chi connectivity index (χ1v) is 10.8. The van der Waals surface area contributed by atoms with Gasteiger partial charge in [0.05, 0.1) is 19.3 Å². The predicted octanol–water partition coefficient (Wildman–Crippen LogP) is 6.06. The van der Waals surface area contributed by atoms with Crippen LogP contribution in [-0.2, 0) is 15.6 Å². The van der Waals surface area contributed by atoms with Crippen molar-refractivity contribution in [2.75, 3.05) is 26.3 Å². The second-order valence-corrected chi connectivity index (χ2v) is 10.5. The van der Waals surface area contributed by atoms with E-state index < -0.39 is 0 Å². The van der Waals surface area contributed by atoms with Crippen molar-refractivity contribution < 1.29 is 9.84 Å². The van der Waals surface area contributed by atoms with Gasteiger partial charge in [0.2, 0.25) is 0 Å². The van der Waals surface area contributed by atoms with Crippen LogP contribution in [0, 0.1) is 0 Å². The molecule has 1 atom stereocenters. The van der Waals surface area contributed by atoms with E-state index in [0.717, 1.165) is 42.5 Å². The van der Waals surface area contributed by atoms with E-state index in [2.05, 4.69) is 70.7 Å². The van der Waals surface area contributed by atoms with Crippen molar-refractivity contribution in [2.24, 2.45) is 0 Å². The monoisotopic (exact) mass is 415 g/mol. The van der Waals surface area contributed by atoms with Crippen molar-refractivity contribution in [1.29, 1.82) is 0 Å². The molecule has 2 aromatic rings. The molecular weight excluding hydrogens is 382 g/mol. The lowest BCUT2D eigenvalue weighted by Crippen LogP contribution is -2.39. The first-order chi connectivity index (χ1) is 13.5. The van der Waals surface area contributed by atoms with Gasteiger partial charge in [-0.2, -0.15) is 0 Å². The Morgan fingerprint density at radius 2 is 1.34 bits per heavy atom. The minimum atomic E-state index is -0.157. The number of ether oxygens (including phenoxy) is 1. The van der Waals surface area contributed by atoms with E-state index in [-0.39, 0.29) is 16.9 Å². The van der Waals surface area contributed by atoms with Crippen molar-refractivity contribution >= 4 is 11.6 Å². The molecule has 0 radical (unpaired) electrons. The molecule has 2 aromatic carbocycles. The Labute approximate surface area is 180 Å². The van der Waals surface area contributed by atoms with Gasteiger partial charge < -0.3 is 9.84 Å². The first kappa shape index (κ1) is 22.1. The largest absolute Gasteiger partial charge is 0.507 e. The van der Waals surface area contributed by atoms with E-state index in [9.17, 15) is 5.11 Å². The lowest BCUT2D eigenvalue weighted by Gasteiger charge is -2.37. The van der Waals surface area contributed by atoms with Crippen LogP contribution in [0.5, 0.6) is 5.75 Å². The van der Waals surface area contributed by atoms with E-state index in [0.29, 0.717) is 5.75 Å². The fourth-order valence-electron chi connectivity index (χ4n) is 4.05. The summed E-state index contributed by atoms with van der Waals surface area (Å²) in [7, 11) is 0. The van der Waals surface area contributed by atoms with Crippen LogP contribution in [-0.4, -0.2) is 36.3 Å². The van der Waals surface area contributed by atoms with Crippen LogP contribution in [0.3, 0.4) is 0 Å². The summed E-state index contributed by atoms with van der Waals surface area (Å²) in [6, 6.07) is 12.6. The Hall–Kier alpha value is -1.55. The van der Waals surface area contributed by atoms with Crippen LogP contribution in [0.15, 0.2) is 36.4 Å². The number of hydrogen-bond acceptors (Lipinski definition) is 3. The van der Waals surface area contributed by atoms with Crippen molar-refractivity contribution in [3.63, 3.8) is 0 Å². The second-order valence-electron chi connectivity index (χ2n) is 10.1. The molecule has 0 spiro atoms. The summed E-state index contributed by atoms with van der Waals surface area (Å²) >= 11 is 6.17. The maximum absolute atomic E-state index is 11.1. The summed E-state index contributed by atoms with van der Waals surface area (Å²) in [4.78, 5) is 2.47. The zero-order valence-electron chi connectivity index (χ0n) is 18.6. The van der Waals surface area contributed by atoms with Crippen molar-refractivity contribution in [3.8, 4) is 5.75 Å². The van der Waals surface area contributed by atoms with Crippen molar-refractivity contribution in [1.82, 2.24) is 4.90 Å². The van der Waals surface area contributed by atoms with Gasteiger partial charge >= 0.3 is 0 Å². The standard InChI is InChI=1S/C25H34ClNO2/c1-24(2,3)20-15-18(16-21(23(20)28)25(4,5)6)22(27-11-13-29-14-12-27)17-7-9-19(26)10-8-17/h7-10,15-16,22,28H,11-14H2,1-6H3/t22-/m1/s1. The maximum Gasteiger partial charge on any atom is 0.123 e. The lowest BCUT2D eigenvalue weighted by molar-refractivity contribution is 0.0239. The fourth-order valence-corrected chi connectivity index (χ4v) is 4.18. The highest BCUT2D eigenvalue weighted by Gasteiger charge is 2.31. The number of hydrogen-bond donors (Lipinski definition) is 1. The molecule has 0 aliphatic carbocycles. The Balaban J connectivity index is 2.22. The number of rotatable bonds is 3. The van der Waals surface area contributed by atoms with E-state index >= 15 is 0 Å². The van der Waals surface area contributed by atoms with Gasteiger partial charge in [-0.3, -0.25) is 4.90 Å². The van der Waals surface area contributed by atoms with Gasteiger partial charge in [0.15, 0.2) is 0 Å². The first-order valence-electron chi connectivity index (χ1n) is 10.4. The maximum atomic E-state index is 11.1. The Morgan fingerprint density at radius 3 is 1.79 bits per heavy atom. The van der Waals surface area contributed by atoms with E-state index in [1.54, 1.807) is 0 Å². The molecule has 0 unspecified atom stereocenters. The molecule has 0 saturated carbocycles. The molecule has 0 bridgehead atoms. The van der Waals surface area contributed by atoms with Crippen LogP contribution < -0.4 is 0 Å². The normalized spacial score (nSPS) is 17.3. The molecule has 3 rings (SSSR count). The van der Waals surface area contributed by atoms with Crippen LogP contribution >= 0.6 is 11.6 Å². The Morgan fingerprint density at radius 1 is 0.862 bits per heavy atom. The second kappa shape index (κ2) is 8.29. The van der Waals surface area contributed by atoms with Gasteiger partial charge in [0, 0.05) is 18.1 Å². The Kier molecular flexibility index (Phi) is 6.33. The van der Waals surface area contributed by atoms with Gasteiger partial charge in [0.1, 0.15) is 5.75 Å². The number of phenolic OH excluding ortho intramolecular Hbond substituents is 1. The SMILES string of the molecule is CC(C)(C)c1cc([C@@H](c2ccc(Cl)cc2)N2CCOCC2)cc(C(C)(C)C)c1O. The highest BCUT2D eigenvalue weighted by atomic mass is 35.5. The fraction of sp³-hybridized carbons (Fsp3) is 0.520. The van der Waals surface area contributed by atoms with Crippen LogP contribution in [0.25, 0.3) is 0 Å². The predicted molar refractivity (Wildman–Crippen MR) is 121 cm³/mol. The number of phenols is 1. The average Bonchev–Trinajstić information content (AvgIpc) is 2.63. The van der Waals surface area contributed by atoms with Crippen molar-refractivity contribution in [2.45, 2.75) is 58.4 Å². The molecule has 4 heteroatoms. The summed E-state index contributed by atoms with van der Waals surface area (Å²) in [6.07, 6.45) is 0.